The number of halogens is 1. The van der Waals surface area contributed by atoms with Crippen LogP contribution in [-0.2, 0) is 6.61 Å². The highest BCUT2D eigenvalue weighted by Crippen LogP contribution is 2.23. The molecule has 0 spiro atoms. The minimum Gasteiger partial charge on any atom is -0.392 e. The van der Waals surface area contributed by atoms with E-state index in [1.165, 1.54) is 0 Å². The van der Waals surface area contributed by atoms with Gasteiger partial charge in [-0.2, -0.15) is 5.10 Å². The van der Waals surface area contributed by atoms with Crippen LogP contribution in [0.15, 0.2) is 30.5 Å². The monoisotopic (exact) mass is 250 g/mol. The van der Waals surface area contributed by atoms with Crippen LogP contribution in [-0.4, -0.2) is 14.9 Å². The van der Waals surface area contributed by atoms with Gasteiger partial charge in [0.15, 0.2) is 0 Å². The van der Waals surface area contributed by atoms with E-state index in [1.54, 1.807) is 6.20 Å². The van der Waals surface area contributed by atoms with Crippen LogP contribution in [0.2, 0.25) is 5.02 Å². The second-order valence-corrected chi connectivity index (χ2v) is 4.69. The Morgan fingerprint density at radius 1 is 1.29 bits per heavy atom. The third kappa shape index (κ3) is 2.35. The Hall–Kier alpha value is -1.32. The molecule has 90 valence electrons. The number of hydrogen-bond donors (Lipinski definition) is 1. The maximum Gasteiger partial charge on any atom is 0.0715 e. The number of hydrogen-bond acceptors (Lipinski definition) is 2. The molecule has 2 rings (SSSR count). The van der Waals surface area contributed by atoms with Crippen molar-refractivity contribution < 1.29 is 5.11 Å². The van der Waals surface area contributed by atoms with E-state index in [9.17, 15) is 5.11 Å². The molecule has 1 N–H and O–H groups in total. The van der Waals surface area contributed by atoms with Gasteiger partial charge in [-0.25, -0.2) is 4.68 Å². The molecule has 0 bridgehead atoms. The van der Waals surface area contributed by atoms with Crippen molar-refractivity contribution in [3.63, 3.8) is 0 Å². The van der Waals surface area contributed by atoms with E-state index in [2.05, 4.69) is 18.9 Å². The van der Waals surface area contributed by atoms with Crippen molar-refractivity contribution in [1.82, 2.24) is 9.78 Å². The first-order valence-corrected chi connectivity index (χ1v) is 5.95. The van der Waals surface area contributed by atoms with Crippen molar-refractivity contribution in [1.29, 1.82) is 0 Å². The summed E-state index contributed by atoms with van der Waals surface area (Å²) in [5.74, 6) is 0.301. The van der Waals surface area contributed by atoms with Gasteiger partial charge in [-0.15, -0.1) is 0 Å². The van der Waals surface area contributed by atoms with Crippen LogP contribution in [0.25, 0.3) is 5.69 Å². The Balaban J connectivity index is 2.51. The molecular weight excluding hydrogens is 236 g/mol. The highest BCUT2D eigenvalue weighted by Gasteiger charge is 2.14. The third-order valence-corrected chi connectivity index (χ3v) is 2.93. The molecule has 0 amide bonds. The summed E-state index contributed by atoms with van der Waals surface area (Å²) in [6.45, 7) is 4.19. The first-order chi connectivity index (χ1) is 8.13. The molecule has 1 aromatic carbocycles. The average molecular weight is 251 g/mol. The summed E-state index contributed by atoms with van der Waals surface area (Å²) in [5, 5.41) is 14.3. The SMILES string of the molecule is CC(C)c1c(CO)cnn1-c1ccc(Cl)cc1. The van der Waals surface area contributed by atoms with Gasteiger partial charge in [0.25, 0.3) is 0 Å². The fourth-order valence-electron chi connectivity index (χ4n) is 1.92. The van der Waals surface area contributed by atoms with Crippen molar-refractivity contribution in [3.05, 3.63) is 46.7 Å². The summed E-state index contributed by atoms with van der Waals surface area (Å²) in [4.78, 5) is 0. The van der Waals surface area contributed by atoms with Crippen molar-refractivity contribution >= 4 is 11.6 Å². The highest BCUT2D eigenvalue weighted by molar-refractivity contribution is 6.30. The fourth-order valence-corrected chi connectivity index (χ4v) is 2.04. The number of aromatic nitrogens is 2. The highest BCUT2D eigenvalue weighted by atomic mass is 35.5. The van der Waals surface area contributed by atoms with E-state index in [-0.39, 0.29) is 6.61 Å². The van der Waals surface area contributed by atoms with E-state index < -0.39 is 0 Å². The zero-order valence-electron chi connectivity index (χ0n) is 9.89. The van der Waals surface area contributed by atoms with Gasteiger partial charge in [0, 0.05) is 10.6 Å². The van der Waals surface area contributed by atoms with E-state index in [4.69, 9.17) is 11.6 Å². The summed E-state index contributed by atoms with van der Waals surface area (Å²) in [7, 11) is 0. The number of rotatable bonds is 3. The lowest BCUT2D eigenvalue weighted by atomic mass is 10.1. The topological polar surface area (TPSA) is 38.1 Å². The minimum atomic E-state index is 0.0150. The second kappa shape index (κ2) is 4.90. The molecule has 2 aromatic rings. The van der Waals surface area contributed by atoms with Crippen molar-refractivity contribution in [2.45, 2.75) is 26.4 Å². The molecule has 3 nitrogen and oxygen atoms in total. The van der Waals surface area contributed by atoms with Gasteiger partial charge < -0.3 is 5.11 Å². The normalized spacial score (nSPS) is 11.1. The predicted octanol–water partition coefficient (Wildman–Crippen LogP) is 3.14. The van der Waals surface area contributed by atoms with E-state index in [0.29, 0.717) is 10.9 Å². The molecule has 1 heterocycles. The quantitative estimate of drug-likeness (QED) is 0.909. The van der Waals surface area contributed by atoms with Crippen LogP contribution >= 0.6 is 11.6 Å². The van der Waals surface area contributed by atoms with Gasteiger partial charge >= 0.3 is 0 Å². The number of aliphatic hydroxyl groups excluding tert-OH is 1. The zero-order chi connectivity index (χ0) is 12.4. The minimum absolute atomic E-state index is 0.0150. The lowest BCUT2D eigenvalue weighted by molar-refractivity contribution is 0.280. The summed E-state index contributed by atoms with van der Waals surface area (Å²) in [5.41, 5.74) is 2.86. The molecule has 0 saturated carbocycles. The Bertz CT molecular complexity index is 503. The molecule has 0 fully saturated rings. The van der Waals surface area contributed by atoms with Crippen molar-refractivity contribution in [2.75, 3.05) is 0 Å². The van der Waals surface area contributed by atoms with E-state index in [0.717, 1.165) is 16.9 Å². The lowest BCUT2D eigenvalue weighted by Gasteiger charge is -2.12. The van der Waals surface area contributed by atoms with Crippen LogP contribution < -0.4 is 0 Å². The molecular formula is C13H15ClN2O. The summed E-state index contributed by atoms with van der Waals surface area (Å²) in [6, 6.07) is 7.51. The van der Waals surface area contributed by atoms with Crippen LogP contribution in [0.1, 0.15) is 31.0 Å². The van der Waals surface area contributed by atoms with Crippen LogP contribution in [0.5, 0.6) is 0 Å². The zero-order valence-corrected chi connectivity index (χ0v) is 10.6. The molecule has 0 atom stereocenters. The average Bonchev–Trinajstić information content (AvgIpc) is 2.73. The summed E-state index contributed by atoms with van der Waals surface area (Å²) in [6.07, 6.45) is 1.71. The summed E-state index contributed by atoms with van der Waals surface area (Å²) >= 11 is 5.86. The van der Waals surface area contributed by atoms with Gasteiger partial charge in [-0.1, -0.05) is 25.4 Å². The Morgan fingerprint density at radius 2 is 1.94 bits per heavy atom. The molecule has 0 saturated heterocycles. The number of benzene rings is 1. The third-order valence-electron chi connectivity index (χ3n) is 2.67. The first-order valence-electron chi connectivity index (χ1n) is 5.57. The molecule has 0 radical (unpaired) electrons. The number of nitrogens with zero attached hydrogens (tertiary/aromatic N) is 2. The summed E-state index contributed by atoms with van der Waals surface area (Å²) < 4.78 is 1.85. The largest absolute Gasteiger partial charge is 0.392 e. The van der Waals surface area contributed by atoms with Gasteiger partial charge in [0.05, 0.1) is 24.2 Å². The maximum atomic E-state index is 9.30. The second-order valence-electron chi connectivity index (χ2n) is 4.26. The Labute approximate surface area is 106 Å². The smallest absolute Gasteiger partial charge is 0.0715 e. The van der Waals surface area contributed by atoms with Crippen LogP contribution in [0, 0.1) is 0 Å². The molecule has 0 aliphatic heterocycles. The van der Waals surface area contributed by atoms with Gasteiger partial charge in [-0.05, 0) is 30.2 Å². The van der Waals surface area contributed by atoms with E-state index >= 15 is 0 Å². The maximum absolute atomic E-state index is 9.30. The molecule has 0 aliphatic rings. The lowest BCUT2D eigenvalue weighted by Crippen LogP contribution is -2.05. The standard InChI is InChI=1S/C13H15ClN2O/c1-9(2)13-10(8-17)7-15-16(13)12-5-3-11(14)4-6-12/h3-7,9,17H,8H2,1-2H3. The Morgan fingerprint density at radius 3 is 2.47 bits per heavy atom. The molecule has 0 unspecified atom stereocenters. The van der Waals surface area contributed by atoms with Crippen LogP contribution in [0.3, 0.4) is 0 Å². The Kier molecular flexibility index (Phi) is 3.50. The molecule has 4 heteroatoms. The van der Waals surface area contributed by atoms with Gasteiger partial charge in [0.1, 0.15) is 0 Å². The van der Waals surface area contributed by atoms with Gasteiger partial charge in [-0.3, -0.25) is 0 Å². The van der Waals surface area contributed by atoms with Crippen molar-refractivity contribution in [2.24, 2.45) is 0 Å². The van der Waals surface area contributed by atoms with E-state index in [1.807, 2.05) is 28.9 Å². The van der Waals surface area contributed by atoms with Crippen LogP contribution in [0.4, 0.5) is 0 Å². The predicted molar refractivity (Wildman–Crippen MR) is 68.6 cm³/mol. The molecule has 17 heavy (non-hydrogen) atoms. The molecule has 1 aromatic heterocycles. The number of aliphatic hydroxyl groups is 1. The fraction of sp³-hybridized carbons (Fsp3) is 0.308. The first kappa shape index (κ1) is 12.1. The van der Waals surface area contributed by atoms with Gasteiger partial charge in [0.2, 0.25) is 0 Å². The molecule has 0 aliphatic carbocycles. The van der Waals surface area contributed by atoms with Crippen molar-refractivity contribution in [3.8, 4) is 5.69 Å².